The largest absolute Gasteiger partial charge is 0.497 e. The number of hydrogen-bond acceptors (Lipinski definition) is 2. The summed E-state index contributed by atoms with van der Waals surface area (Å²) in [5.41, 5.74) is 11.3. The van der Waals surface area contributed by atoms with E-state index in [4.69, 9.17) is 10.5 Å². The number of aryl methyl sites for hydroxylation is 2. The number of ether oxygens (including phenoxy) is 1. The van der Waals surface area contributed by atoms with Gasteiger partial charge in [0.05, 0.1) is 7.11 Å². The molecule has 0 bridgehead atoms. The molecule has 0 aliphatic heterocycles. The predicted molar refractivity (Wildman–Crippen MR) is 96.1 cm³/mol. The van der Waals surface area contributed by atoms with Crippen LogP contribution in [0.15, 0.2) is 36.4 Å². The van der Waals surface area contributed by atoms with Crippen molar-refractivity contribution in [3.8, 4) is 5.75 Å². The Hall–Kier alpha value is -1.87. The van der Waals surface area contributed by atoms with E-state index in [9.17, 15) is 4.39 Å². The molecule has 2 aromatic carbocycles. The summed E-state index contributed by atoms with van der Waals surface area (Å²) in [7, 11) is 1.69. The van der Waals surface area contributed by atoms with Crippen LogP contribution in [0.25, 0.3) is 0 Å². The van der Waals surface area contributed by atoms with Crippen LogP contribution in [0.5, 0.6) is 5.75 Å². The minimum atomic E-state index is -0.163. The van der Waals surface area contributed by atoms with Gasteiger partial charge in [0.25, 0.3) is 0 Å². The topological polar surface area (TPSA) is 35.2 Å². The van der Waals surface area contributed by atoms with Crippen molar-refractivity contribution >= 4 is 0 Å². The number of rotatable bonds is 4. The highest BCUT2D eigenvalue weighted by Gasteiger charge is 2.26. The second kappa shape index (κ2) is 6.94. The summed E-state index contributed by atoms with van der Waals surface area (Å²) in [6.07, 6.45) is 2.62. The van der Waals surface area contributed by atoms with E-state index < -0.39 is 0 Å². The zero-order chi connectivity index (χ0) is 17.3. The Morgan fingerprint density at radius 3 is 2.33 bits per heavy atom. The number of fused-ring (bicyclic) bond motifs is 2. The van der Waals surface area contributed by atoms with Gasteiger partial charge in [0.15, 0.2) is 0 Å². The lowest BCUT2D eigenvalue weighted by Gasteiger charge is -2.26. The Morgan fingerprint density at radius 1 is 1.08 bits per heavy atom. The van der Waals surface area contributed by atoms with Crippen molar-refractivity contribution < 1.29 is 9.13 Å². The van der Waals surface area contributed by atoms with E-state index in [-0.39, 0.29) is 17.8 Å². The van der Waals surface area contributed by atoms with Gasteiger partial charge >= 0.3 is 0 Å². The molecule has 2 unspecified atom stereocenters. The lowest BCUT2D eigenvalue weighted by atomic mass is 9.81. The lowest BCUT2D eigenvalue weighted by Crippen LogP contribution is -2.29. The number of hydrogen-bond donors (Lipinski definition) is 1. The predicted octanol–water partition coefficient (Wildman–Crippen LogP) is 4.44. The summed E-state index contributed by atoms with van der Waals surface area (Å²) in [4.78, 5) is 0. The first-order valence-corrected chi connectivity index (χ1v) is 8.70. The van der Waals surface area contributed by atoms with Gasteiger partial charge in [0.1, 0.15) is 11.6 Å². The third kappa shape index (κ3) is 3.32. The molecule has 0 amide bonds. The fourth-order valence-electron chi connectivity index (χ4n) is 3.63. The SMILES string of the molecule is COc1ccc2c(c1)CCc1cc(F)ccc1C2CC(N)C(C)C. The molecule has 0 radical (unpaired) electrons. The zero-order valence-corrected chi connectivity index (χ0v) is 14.7. The van der Waals surface area contributed by atoms with Crippen LogP contribution >= 0.6 is 0 Å². The standard InChI is InChI=1S/C21H26FNO/c1-13(2)21(23)12-20-18-8-6-16(22)10-14(18)4-5-15-11-17(24-3)7-9-19(15)20/h6-11,13,20-21H,4-5,12,23H2,1-3H3. The molecule has 128 valence electrons. The molecule has 24 heavy (non-hydrogen) atoms. The Kier molecular flexibility index (Phi) is 4.91. The van der Waals surface area contributed by atoms with Crippen molar-refractivity contribution in [2.45, 2.75) is 45.1 Å². The molecule has 2 aromatic rings. The third-order valence-corrected chi connectivity index (χ3v) is 5.23. The Bertz CT molecular complexity index is 726. The van der Waals surface area contributed by atoms with Crippen molar-refractivity contribution in [3.63, 3.8) is 0 Å². The molecule has 2 N–H and O–H groups in total. The monoisotopic (exact) mass is 327 g/mol. The minimum Gasteiger partial charge on any atom is -0.497 e. The molecule has 0 saturated heterocycles. The molecule has 1 aliphatic carbocycles. The Morgan fingerprint density at radius 2 is 1.71 bits per heavy atom. The molecule has 3 heteroatoms. The maximum absolute atomic E-state index is 13.7. The molecular formula is C21H26FNO. The van der Waals surface area contributed by atoms with Crippen molar-refractivity contribution in [2.24, 2.45) is 11.7 Å². The highest BCUT2D eigenvalue weighted by atomic mass is 19.1. The first-order valence-electron chi connectivity index (χ1n) is 8.70. The summed E-state index contributed by atoms with van der Waals surface area (Å²) in [5, 5.41) is 0. The van der Waals surface area contributed by atoms with Crippen LogP contribution in [-0.4, -0.2) is 13.2 Å². The highest BCUT2D eigenvalue weighted by Crippen LogP contribution is 2.39. The Labute approximate surface area is 143 Å². The third-order valence-electron chi connectivity index (χ3n) is 5.23. The molecule has 2 nitrogen and oxygen atoms in total. The maximum Gasteiger partial charge on any atom is 0.123 e. The van der Waals surface area contributed by atoms with Crippen LogP contribution in [0.3, 0.4) is 0 Å². The number of nitrogens with two attached hydrogens (primary N) is 1. The van der Waals surface area contributed by atoms with E-state index in [0.29, 0.717) is 5.92 Å². The maximum atomic E-state index is 13.7. The summed E-state index contributed by atoms with van der Waals surface area (Å²) >= 11 is 0. The molecule has 0 aromatic heterocycles. The van der Waals surface area contributed by atoms with E-state index >= 15 is 0 Å². The van der Waals surface area contributed by atoms with Gasteiger partial charge in [-0.2, -0.15) is 0 Å². The molecule has 0 saturated carbocycles. The molecule has 0 spiro atoms. The van der Waals surface area contributed by atoms with Crippen LogP contribution in [0, 0.1) is 11.7 Å². The van der Waals surface area contributed by atoms with Gasteiger partial charge < -0.3 is 10.5 Å². The van der Waals surface area contributed by atoms with Gasteiger partial charge in [0.2, 0.25) is 0 Å². The number of methoxy groups -OCH3 is 1. The smallest absolute Gasteiger partial charge is 0.123 e. The fraction of sp³-hybridized carbons (Fsp3) is 0.429. The average Bonchev–Trinajstić information content (AvgIpc) is 2.71. The van der Waals surface area contributed by atoms with Gasteiger partial charge in [-0.15, -0.1) is 0 Å². The van der Waals surface area contributed by atoms with Gasteiger partial charge in [0, 0.05) is 12.0 Å². The first kappa shape index (κ1) is 17.0. The van der Waals surface area contributed by atoms with E-state index in [1.807, 2.05) is 12.1 Å². The molecule has 0 fully saturated rings. The van der Waals surface area contributed by atoms with Gasteiger partial charge in [-0.05, 0) is 71.7 Å². The van der Waals surface area contributed by atoms with Crippen LogP contribution in [0.1, 0.15) is 48.4 Å². The van der Waals surface area contributed by atoms with Gasteiger partial charge in [-0.1, -0.05) is 26.0 Å². The molecular weight excluding hydrogens is 301 g/mol. The van der Waals surface area contributed by atoms with Crippen molar-refractivity contribution in [1.82, 2.24) is 0 Å². The molecule has 3 rings (SSSR count). The van der Waals surface area contributed by atoms with Crippen molar-refractivity contribution in [3.05, 3.63) is 64.5 Å². The van der Waals surface area contributed by atoms with Crippen molar-refractivity contribution in [1.29, 1.82) is 0 Å². The number of benzene rings is 2. The summed E-state index contributed by atoms with van der Waals surface area (Å²) in [6.45, 7) is 4.31. The minimum absolute atomic E-state index is 0.112. The summed E-state index contributed by atoms with van der Waals surface area (Å²) < 4.78 is 19.1. The van der Waals surface area contributed by atoms with Gasteiger partial charge in [-0.3, -0.25) is 0 Å². The second-order valence-corrected chi connectivity index (χ2v) is 7.10. The van der Waals surface area contributed by atoms with E-state index in [1.165, 1.54) is 16.7 Å². The average molecular weight is 327 g/mol. The summed E-state index contributed by atoms with van der Waals surface area (Å²) in [6, 6.07) is 11.6. The fourth-order valence-corrected chi connectivity index (χ4v) is 3.63. The Balaban J connectivity index is 2.09. The summed E-state index contributed by atoms with van der Waals surface area (Å²) in [5.74, 6) is 1.34. The van der Waals surface area contributed by atoms with Crippen LogP contribution < -0.4 is 10.5 Å². The molecule has 1 aliphatic rings. The molecule has 2 atom stereocenters. The van der Waals surface area contributed by atoms with Crippen LogP contribution in [0.4, 0.5) is 4.39 Å². The zero-order valence-electron chi connectivity index (χ0n) is 14.7. The van der Waals surface area contributed by atoms with Gasteiger partial charge in [-0.25, -0.2) is 4.39 Å². The van der Waals surface area contributed by atoms with E-state index in [1.54, 1.807) is 19.2 Å². The van der Waals surface area contributed by atoms with Crippen LogP contribution in [-0.2, 0) is 12.8 Å². The van der Waals surface area contributed by atoms with E-state index in [2.05, 4.69) is 26.0 Å². The lowest BCUT2D eigenvalue weighted by molar-refractivity contribution is 0.413. The second-order valence-electron chi connectivity index (χ2n) is 7.10. The quantitative estimate of drug-likeness (QED) is 0.901. The van der Waals surface area contributed by atoms with E-state index in [0.717, 1.165) is 30.6 Å². The van der Waals surface area contributed by atoms with Crippen LogP contribution in [0.2, 0.25) is 0 Å². The highest BCUT2D eigenvalue weighted by molar-refractivity contribution is 5.47. The number of halogens is 1. The molecule has 0 heterocycles. The normalized spacial score (nSPS) is 17.8. The van der Waals surface area contributed by atoms with Crippen molar-refractivity contribution in [2.75, 3.05) is 7.11 Å². The first-order chi connectivity index (χ1) is 11.5.